The van der Waals surface area contributed by atoms with Gasteiger partial charge >= 0.3 is 0 Å². The van der Waals surface area contributed by atoms with Crippen LogP contribution < -0.4 is 10.6 Å². The van der Waals surface area contributed by atoms with Crippen molar-refractivity contribution in [1.82, 2.24) is 4.98 Å². The molecule has 0 amide bonds. The van der Waals surface area contributed by atoms with E-state index in [9.17, 15) is 4.39 Å². The highest BCUT2D eigenvalue weighted by molar-refractivity contribution is 5.47. The van der Waals surface area contributed by atoms with Crippen molar-refractivity contribution in [3.63, 3.8) is 0 Å². The first-order valence-electron chi connectivity index (χ1n) is 6.21. The largest absolute Gasteiger partial charge is 0.355 e. The molecule has 3 nitrogen and oxygen atoms in total. The van der Waals surface area contributed by atoms with Crippen LogP contribution in [0.15, 0.2) is 36.5 Å². The number of benzene rings is 1. The zero-order chi connectivity index (χ0) is 13.8. The average Bonchev–Trinajstić information content (AvgIpc) is 2.41. The van der Waals surface area contributed by atoms with Crippen LogP contribution in [0.1, 0.15) is 16.7 Å². The third kappa shape index (κ3) is 3.29. The Bertz CT molecular complexity index is 552. The van der Waals surface area contributed by atoms with E-state index in [1.54, 1.807) is 18.3 Å². The lowest BCUT2D eigenvalue weighted by molar-refractivity contribution is 0.627. The maximum atomic E-state index is 12.9. The van der Waals surface area contributed by atoms with Gasteiger partial charge in [0.2, 0.25) is 0 Å². The molecule has 0 aliphatic heterocycles. The minimum absolute atomic E-state index is 0.215. The summed E-state index contributed by atoms with van der Waals surface area (Å²) in [5.74, 6) is 0.703. The predicted molar refractivity (Wildman–Crippen MR) is 75.4 cm³/mol. The fourth-order valence-electron chi connectivity index (χ4n) is 2.08. The van der Waals surface area contributed by atoms with E-state index < -0.39 is 0 Å². The van der Waals surface area contributed by atoms with Crippen LogP contribution in [0.2, 0.25) is 0 Å². The molecule has 2 rings (SSSR count). The lowest BCUT2D eigenvalue weighted by atomic mass is 10.1. The Kier molecular flexibility index (Phi) is 4.12. The van der Waals surface area contributed by atoms with Crippen LogP contribution in [-0.2, 0) is 13.1 Å². The zero-order valence-corrected chi connectivity index (χ0v) is 11.2. The monoisotopic (exact) mass is 259 g/mol. The number of hydrogen-bond donors (Lipinski definition) is 1. The number of aryl methyl sites for hydroxylation is 1. The molecule has 0 radical (unpaired) electrons. The van der Waals surface area contributed by atoms with Gasteiger partial charge in [0.1, 0.15) is 11.6 Å². The van der Waals surface area contributed by atoms with E-state index in [-0.39, 0.29) is 5.82 Å². The van der Waals surface area contributed by atoms with E-state index in [1.165, 1.54) is 12.1 Å². The number of hydrogen-bond acceptors (Lipinski definition) is 3. The van der Waals surface area contributed by atoms with Crippen LogP contribution in [0.25, 0.3) is 0 Å². The van der Waals surface area contributed by atoms with E-state index in [2.05, 4.69) is 4.98 Å². The molecule has 0 fully saturated rings. The third-order valence-corrected chi connectivity index (χ3v) is 3.04. The molecule has 0 aliphatic carbocycles. The van der Waals surface area contributed by atoms with Crippen LogP contribution in [0.4, 0.5) is 10.2 Å². The van der Waals surface area contributed by atoms with Gasteiger partial charge in [0.05, 0.1) is 0 Å². The Morgan fingerprint density at radius 2 is 1.89 bits per heavy atom. The van der Waals surface area contributed by atoms with E-state index in [4.69, 9.17) is 5.73 Å². The van der Waals surface area contributed by atoms with Gasteiger partial charge in [-0.1, -0.05) is 12.1 Å². The molecule has 0 unspecified atom stereocenters. The number of nitrogens with zero attached hydrogens (tertiary/aromatic N) is 2. The van der Waals surface area contributed by atoms with E-state index in [0.717, 1.165) is 22.5 Å². The summed E-state index contributed by atoms with van der Waals surface area (Å²) in [5, 5.41) is 0. The number of rotatable bonds is 4. The third-order valence-electron chi connectivity index (χ3n) is 3.04. The maximum absolute atomic E-state index is 12.9. The Hall–Kier alpha value is -1.94. The van der Waals surface area contributed by atoms with Gasteiger partial charge in [-0.15, -0.1) is 0 Å². The summed E-state index contributed by atoms with van der Waals surface area (Å²) >= 11 is 0. The van der Waals surface area contributed by atoms with Gasteiger partial charge < -0.3 is 10.6 Å². The highest BCUT2D eigenvalue weighted by atomic mass is 19.1. The summed E-state index contributed by atoms with van der Waals surface area (Å²) in [6.07, 6.45) is 1.80. The van der Waals surface area contributed by atoms with Crippen LogP contribution in [0.5, 0.6) is 0 Å². The van der Waals surface area contributed by atoms with Crippen molar-refractivity contribution in [3.05, 3.63) is 59.0 Å². The molecule has 19 heavy (non-hydrogen) atoms. The molecule has 0 saturated heterocycles. The minimum atomic E-state index is -0.215. The first-order valence-corrected chi connectivity index (χ1v) is 6.21. The highest BCUT2D eigenvalue weighted by Gasteiger charge is 2.07. The highest BCUT2D eigenvalue weighted by Crippen LogP contribution is 2.18. The summed E-state index contributed by atoms with van der Waals surface area (Å²) in [4.78, 5) is 6.48. The molecule has 2 N–H and O–H groups in total. The molecule has 1 aromatic heterocycles. The Balaban J connectivity index is 2.15. The number of pyridine rings is 1. The maximum Gasteiger partial charge on any atom is 0.131 e. The lowest BCUT2D eigenvalue weighted by Gasteiger charge is -2.20. The van der Waals surface area contributed by atoms with Crippen molar-refractivity contribution in [1.29, 1.82) is 0 Å². The normalized spacial score (nSPS) is 10.5. The second-order valence-corrected chi connectivity index (χ2v) is 4.67. The molecule has 0 atom stereocenters. The molecule has 0 saturated carbocycles. The van der Waals surface area contributed by atoms with Crippen molar-refractivity contribution < 1.29 is 4.39 Å². The molecule has 0 bridgehead atoms. The van der Waals surface area contributed by atoms with Gasteiger partial charge in [0.15, 0.2) is 0 Å². The van der Waals surface area contributed by atoms with Gasteiger partial charge in [0, 0.05) is 26.3 Å². The first kappa shape index (κ1) is 13.5. The number of aromatic nitrogens is 1. The van der Waals surface area contributed by atoms with E-state index >= 15 is 0 Å². The molecule has 0 aliphatic rings. The predicted octanol–water partition coefficient (Wildman–Crippen LogP) is 2.62. The fourth-order valence-corrected chi connectivity index (χ4v) is 2.08. The summed E-state index contributed by atoms with van der Waals surface area (Å²) in [5.41, 5.74) is 8.76. The standard InChI is InChI=1S/C15H18FN3/c1-11-7-13(8-17)9-18-15(11)19(2)10-12-3-5-14(16)6-4-12/h3-7,9H,8,10,17H2,1-2H3. The molecule has 1 heterocycles. The summed E-state index contributed by atoms with van der Waals surface area (Å²) < 4.78 is 12.9. The Morgan fingerprint density at radius 3 is 2.47 bits per heavy atom. The van der Waals surface area contributed by atoms with Gasteiger partial charge in [-0.05, 0) is 41.8 Å². The van der Waals surface area contributed by atoms with Gasteiger partial charge in [-0.25, -0.2) is 9.37 Å². The minimum Gasteiger partial charge on any atom is -0.355 e. The zero-order valence-electron chi connectivity index (χ0n) is 11.2. The van der Waals surface area contributed by atoms with Crippen molar-refractivity contribution in [3.8, 4) is 0 Å². The van der Waals surface area contributed by atoms with Crippen molar-refractivity contribution >= 4 is 5.82 Å². The lowest BCUT2D eigenvalue weighted by Crippen LogP contribution is -2.19. The van der Waals surface area contributed by atoms with E-state index in [0.29, 0.717) is 13.1 Å². The van der Waals surface area contributed by atoms with Gasteiger partial charge in [0.25, 0.3) is 0 Å². The van der Waals surface area contributed by atoms with Crippen LogP contribution >= 0.6 is 0 Å². The van der Waals surface area contributed by atoms with Crippen LogP contribution in [0, 0.1) is 12.7 Å². The van der Waals surface area contributed by atoms with Crippen LogP contribution in [-0.4, -0.2) is 12.0 Å². The quantitative estimate of drug-likeness (QED) is 0.917. The average molecular weight is 259 g/mol. The smallest absolute Gasteiger partial charge is 0.131 e. The van der Waals surface area contributed by atoms with Crippen LogP contribution in [0.3, 0.4) is 0 Å². The molecule has 2 aromatic rings. The van der Waals surface area contributed by atoms with Gasteiger partial charge in [-0.2, -0.15) is 0 Å². The summed E-state index contributed by atoms with van der Waals surface area (Å²) in [7, 11) is 1.97. The number of nitrogens with two attached hydrogens (primary N) is 1. The fraction of sp³-hybridized carbons (Fsp3) is 0.267. The molecule has 0 spiro atoms. The Morgan fingerprint density at radius 1 is 1.21 bits per heavy atom. The molecular formula is C15H18FN3. The second kappa shape index (κ2) is 5.80. The molecule has 4 heteroatoms. The topological polar surface area (TPSA) is 42.1 Å². The van der Waals surface area contributed by atoms with Crippen molar-refractivity contribution in [2.24, 2.45) is 5.73 Å². The number of anilines is 1. The summed E-state index contributed by atoms with van der Waals surface area (Å²) in [6, 6.07) is 8.57. The molecule has 100 valence electrons. The van der Waals surface area contributed by atoms with Crippen molar-refractivity contribution in [2.75, 3.05) is 11.9 Å². The first-order chi connectivity index (χ1) is 9.10. The SMILES string of the molecule is Cc1cc(CN)cnc1N(C)Cc1ccc(F)cc1. The van der Waals surface area contributed by atoms with Gasteiger partial charge in [-0.3, -0.25) is 0 Å². The summed E-state index contributed by atoms with van der Waals surface area (Å²) in [6.45, 7) is 3.20. The molecular weight excluding hydrogens is 241 g/mol. The Labute approximate surface area is 112 Å². The second-order valence-electron chi connectivity index (χ2n) is 4.67. The number of halogens is 1. The molecule has 1 aromatic carbocycles. The van der Waals surface area contributed by atoms with E-state index in [1.807, 2.05) is 24.9 Å². The van der Waals surface area contributed by atoms with Crippen molar-refractivity contribution in [2.45, 2.75) is 20.0 Å².